The van der Waals surface area contributed by atoms with Crippen LogP contribution in [0.25, 0.3) is 0 Å². The summed E-state index contributed by atoms with van der Waals surface area (Å²) in [5, 5.41) is 3.37. The molecule has 82 valence electrons. The number of amides is 1. The highest BCUT2D eigenvalue weighted by Crippen LogP contribution is 2.12. The third-order valence-electron chi connectivity index (χ3n) is 1.87. The van der Waals surface area contributed by atoms with Crippen LogP contribution in [-0.4, -0.2) is 17.3 Å². The van der Waals surface area contributed by atoms with Crippen molar-refractivity contribution < 1.29 is 4.79 Å². The first-order valence-electron chi connectivity index (χ1n) is 4.59. The second-order valence-electron chi connectivity index (χ2n) is 3.98. The topological polar surface area (TPSA) is 29.1 Å². The molecular weight excluding hydrogens is 233 g/mol. The van der Waals surface area contributed by atoms with Crippen LogP contribution in [0.2, 0.25) is 5.02 Å². The Kier molecular flexibility index (Phi) is 4.00. The van der Waals surface area contributed by atoms with Gasteiger partial charge in [-0.15, -0.1) is 11.6 Å². The largest absolute Gasteiger partial charge is 0.346 e. The summed E-state index contributed by atoms with van der Waals surface area (Å²) in [7, 11) is 0. The molecule has 0 aromatic heterocycles. The first-order valence-corrected chi connectivity index (χ1v) is 5.50. The van der Waals surface area contributed by atoms with E-state index in [2.05, 4.69) is 5.32 Å². The molecule has 0 saturated carbocycles. The summed E-state index contributed by atoms with van der Waals surface area (Å²) in [5.41, 5.74) is 0.127. The van der Waals surface area contributed by atoms with E-state index >= 15 is 0 Å². The van der Waals surface area contributed by atoms with Crippen molar-refractivity contribution in [1.82, 2.24) is 5.32 Å². The zero-order valence-electron chi connectivity index (χ0n) is 8.68. The molecule has 0 aliphatic carbocycles. The lowest BCUT2D eigenvalue weighted by Crippen LogP contribution is -2.44. The van der Waals surface area contributed by atoms with Gasteiger partial charge in [0.05, 0.1) is 0 Å². The van der Waals surface area contributed by atoms with Gasteiger partial charge < -0.3 is 5.32 Å². The van der Waals surface area contributed by atoms with Crippen molar-refractivity contribution in [3.63, 3.8) is 0 Å². The Morgan fingerprint density at radius 3 is 2.67 bits per heavy atom. The van der Waals surface area contributed by atoms with Gasteiger partial charge in [0.1, 0.15) is 0 Å². The van der Waals surface area contributed by atoms with Crippen molar-refractivity contribution in [2.45, 2.75) is 19.4 Å². The van der Waals surface area contributed by atoms with Crippen LogP contribution in [0, 0.1) is 0 Å². The number of rotatable bonds is 3. The van der Waals surface area contributed by atoms with Crippen LogP contribution >= 0.6 is 23.2 Å². The molecule has 1 N–H and O–H groups in total. The van der Waals surface area contributed by atoms with Crippen LogP contribution in [0.1, 0.15) is 24.2 Å². The fourth-order valence-corrected chi connectivity index (χ4v) is 1.30. The molecular formula is C11H13Cl2NO. The molecule has 1 amide bonds. The third-order valence-corrected chi connectivity index (χ3v) is 2.78. The predicted octanol–water partition coefficient (Wildman–Crippen LogP) is 3.09. The van der Waals surface area contributed by atoms with Crippen LogP contribution in [0.3, 0.4) is 0 Å². The molecule has 0 unspecified atom stereocenters. The van der Waals surface area contributed by atoms with Crippen LogP contribution < -0.4 is 5.32 Å². The van der Waals surface area contributed by atoms with Crippen molar-refractivity contribution in [2.75, 3.05) is 5.88 Å². The van der Waals surface area contributed by atoms with Gasteiger partial charge in [-0.05, 0) is 32.0 Å². The Labute approximate surface area is 99.6 Å². The van der Waals surface area contributed by atoms with Gasteiger partial charge >= 0.3 is 0 Å². The number of carbonyl (C=O) groups excluding carboxylic acids is 1. The van der Waals surface area contributed by atoms with Gasteiger partial charge in [0, 0.05) is 22.0 Å². The second kappa shape index (κ2) is 4.86. The minimum atomic E-state index is -0.416. The van der Waals surface area contributed by atoms with E-state index in [0.29, 0.717) is 16.5 Å². The molecule has 15 heavy (non-hydrogen) atoms. The Morgan fingerprint density at radius 2 is 2.13 bits per heavy atom. The Balaban J connectivity index is 2.78. The maximum atomic E-state index is 11.7. The van der Waals surface area contributed by atoms with Gasteiger partial charge in [-0.2, -0.15) is 0 Å². The Hall–Kier alpha value is -0.730. The minimum absolute atomic E-state index is 0.164. The van der Waals surface area contributed by atoms with E-state index < -0.39 is 5.54 Å². The van der Waals surface area contributed by atoms with Gasteiger partial charge in [0.25, 0.3) is 5.91 Å². The van der Waals surface area contributed by atoms with Crippen molar-refractivity contribution in [2.24, 2.45) is 0 Å². The van der Waals surface area contributed by atoms with E-state index in [-0.39, 0.29) is 5.91 Å². The molecule has 0 aliphatic rings. The molecule has 0 heterocycles. The number of hydrogen-bond donors (Lipinski definition) is 1. The molecule has 0 saturated heterocycles. The van der Waals surface area contributed by atoms with E-state index in [1.165, 1.54) is 0 Å². The van der Waals surface area contributed by atoms with E-state index in [1.54, 1.807) is 24.3 Å². The molecule has 0 radical (unpaired) electrons. The third kappa shape index (κ3) is 3.73. The van der Waals surface area contributed by atoms with Gasteiger partial charge in [-0.1, -0.05) is 17.7 Å². The molecule has 0 bridgehead atoms. The molecule has 0 spiro atoms. The van der Waals surface area contributed by atoms with Gasteiger partial charge in [0.2, 0.25) is 0 Å². The Bertz CT molecular complexity index is 363. The minimum Gasteiger partial charge on any atom is -0.346 e. The fraction of sp³-hybridized carbons (Fsp3) is 0.364. The first kappa shape index (κ1) is 12.3. The maximum absolute atomic E-state index is 11.7. The average Bonchev–Trinajstić information content (AvgIpc) is 2.17. The summed E-state index contributed by atoms with van der Waals surface area (Å²) in [5.74, 6) is 0.197. The quantitative estimate of drug-likeness (QED) is 0.816. The molecule has 1 aromatic carbocycles. The monoisotopic (exact) mass is 245 g/mol. The number of alkyl halides is 1. The van der Waals surface area contributed by atoms with Crippen LogP contribution in [-0.2, 0) is 0 Å². The Morgan fingerprint density at radius 1 is 1.47 bits per heavy atom. The smallest absolute Gasteiger partial charge is 0.251 e. The molecule has 2 nitrogen and oxygen atoms in total. The summed E-state index contributed by atoms with van der Waals surface area (Å²) >= 11 is 11.5. The van der Waals surface area contributed by atoms with Gasteiger partial charge in [-0.3, -0.25) is 4.79 Å². The standard InChI is InChI=1S/C11H13Cl2NO/c1-11(2,7-12)14-10(15)8-4-3-5-9(13)6-8/h3-6H,7H2,1-2H3,(H,14,15). The number of nitrogens with one attached hydrogen (secondary N) is 1. The zero-order valence-corrected chi connectivity index (χ0v) is 10.2. The van der Waals surface area contributed by atoms with E-state index in [9.17, 15) is 4.79 Å². The van der Waals surface area contributed by atoms with Crippen molar-refractivity contribution in [1.29, 1.82) is 0 Å². The molecule has 0 fully saturated rings. The van der Waals surface area contributed by atoms with E-state index in [4.69, 9.17) is 23.2 Å². The summed E-state index contributed by atoms with van der Waals surface area (Å²) in [6.45, 7) is 3.73. The van der Waals surface area contributed by atoms with Crippen molar-refractivity contribution in [3.05, 3.63) is 34.9 Å². The maximum Gasteiger partial charge on any atom is 0.251 e. The fourth-order valence-electron chi connectivity index (χ4n) is 1.04. The molecule has 1 aromatic rings. The van der Waals surface area contributed by atoms with Crippen molar-refractivity contribution in [3.8, 4) is 0 Å². The number of hydrogen-bond acceptors (Lipinski definition) is 1. The molecule has 0 atom stereocenters. The van der Waals surface area contributed by atoms with E-state index in [0.717, 1.165) is 0 Å². The van der Waals surface area contributed by atoms with E-state index in [1.807, 2.05) is 13.8 Å². The number of benzene rings is 1. The highest BCUT2D eigenvalue weighted by molar-refractivity contribution is 6.31. The summed E-state index contributed by atoms with van der Waals surface area (Å²) < 4.78 is 0. The first-order chi connectivity index (χ1) is 6.94. The molecule has 1 rings (SSSR count). The SMILES string of the molecule is CC(C)(CCl)NC(=O)c1cccc(Cl)c1. The van der Waals surface area contributed by atoms with Crippen LogP contribution in [0.4, 0.5) is 0 Å². The van der Waals surface area contributed by atoms with Crippen LogP contribution in [0.5, 0.6) is 0 Å². The lowest BCUT2D eigenvalue weighted by molar-refractivity contribution is 0.0920. The lowest BCUT2D eigenvalue weighted by atomic mass is 10.1. The highest BCUT2D eigenvalue weighted by Gasteiger charge is 2.19. The normalized spacial score (nSPS) is 11.2. The lowest BCUT2D eigenvalue weighted by Gasteiger charge is -2.23. The second-order valence-corrected chi connectivity index (χ2v) is 4.69. The van der Waals surface area contributed by atoms with Gasteiger partial charge in [0.15, 0.2) is 0 Å². The predicted molar refractivity (Wildman–Crippen MR) is 63.7 cm³/mol. The highest BCUT2D eigenvalue weighted by atomic mass is 35.5. The summed E-state index contributed by atoms with van der Waals surface area (Å²) in [6, 6.07) is 6.81. The zero-order chi connectivity index (χ0) is 11.5. The van der Waals surface area contributed by atoms with Crippen molar-refractivity contribution >= 4 is 29.1 Å². The average molecular weight is 246 g/mol. The summed E-state index contributed by atoms with van der Waals surface area (Å²) in [4.78, 5) is 11.7. The van der Waals surface area contributed by atoms with Gasteiger partial charge in [-0.25, -0.2) is 0 Å². The summed E-state index contributed by atoms with van der Waals surface area (Å²) in [6.07, 6.45) is 0. The number of halogens is 2. The van der Waals surface area contributed by atoms with Crippen LogP contribution in [0.15, 0.2) is 24.3 Å². The molecule has 0 aliphatic heterocycles. The molecule has 4 heteroatoms. The number of carbonyl (C=O) groups is 1.